The Hall–Kier alpha value is -2.38. The van der Waals surface area contributed by atoms with Crippen molar-refractivity contribution < 1.29 is 35.1 Å². The monoisotopic (exact) mass is 416 g/mol. The number of allylic oxidation sites excluding steroid dienone is 2. The van der Waals surface area contributed by atoms with E-state index in [0.717, 1.165) is 0 Å². The lowest BCUT2D eigenvalue weighted by Gasteiger charge is -2.51. The van der Waals surface area contributed by atoms with Crippen molar-refractivity contribution >= 4 is 0 Å². The van der Waals surface area contributed by atoms with Crippen LogP contribution in [0.4, 0.5) is 35.1 Å². The predicted molar refractivity (Wildman–Crippen MR) is 86.3 cm³/mol. The van der Waals surface area contributed by atoms with Gasteiger partial charge in [0, 0.05) is 33.6 Å². The van der Waals surface area contributed by atoms with E-state index in [4.69, 9.17) is 0 Å². The third-order valence-electron chi connectivity index (χ3n) is 6.65. The molecule has 0 nitrogen and oxygen atoms in total. The maximum atomic E-state index is 14.9. The lowest BCUT2D eigenvalue weighted by Crippen LogP contribution is -2.45. The summed E-state index contributed by atoms with van der Waals surface area (Å²) in [7, 11) is 0. The van der Waals surface area contributed by atoms with Crippen molar-refractivity contribution in [2.45, 2.75) is 43.9 Å². The minimum Gasteiger partial charge on any atom is -0.203 e. The first-order chi connectivity index (χ1) is 13.6. The van der Waals surface area contributed by atoms with Gasteiger partial charge in [-0.15, -0.1) is 0 Å². The second kappa shape index (κ2) is 5.61. The van der Waals surface area contributed by atoms with Crippen LogP contribution in [-0.4, -0.2) is 0 Å². The second-order valence-corrected chi connectivity index (χ2v) is 7.86. The highest BCUT2D eigenvalue weighted by molar-refractivity contribution is 5.70. The summed E-state index contributed by atoms with van der Waals surface area (Å²) in [6.07, 6.45) is 1.75. The van der Waals surface area contributed by atoms with E-state index in [-0.39, 0.29) is 12.8 Å². The Labute approximate surface area is 159 Å². The molecule has 0 aromatic heterocycles. The van der Waals surface area contributed by atoms with E-state index in [1.54, 1.807) is 0 Å². The first-order valence-corrected chi connectivity index (χ1v) is 9.08. The van der Waals surface area contributed by atoms with Crippen LogP contribution in [0, 0.1) is 46.5 Å². The Morgan fingerprint density at radius 2 is 1.00 bits per heavy atom. The summed E-state index contributed by atoms with van der Waals surface area (Å²) in [4.78, 5) is 0. The van der Waals surface area contributed by atoms with Gasteiger partial charge in [0.25, 0.3) is 0 Å². The molecule has 0 saturated heterocycles. The molecule has 0 unspecified atom stereocenters. The molecule has 0 N–H and O–H groups in total. The molecule has 2 bridgehead atoms. The van der Waals surface area contributed by atoms with Gasteiger partial charge in [-0.3, -0.25) is 0 Å². The Bertz CT molecular complexity index is 1090. The van der Waals surface area contributed by atoms with Gasteiger partial charge in [-0.2, -0.15) is 0 Å². The lowest BCUT2D eigenvalue weighted by atomic mass is 9.51. The fourth-order valence-corrected chi connectivity index (χ4v) is 5.56. The number of benzene rings is 2. The van der Waals surface area contributed by atoms with Crippen molar-refractivity contribution in [2.75, 3.05) is 0 Å². The molecule has 0 aliphatic heterocycles. The maximum absolute atomic E-state index is 14.9. The second-order valence-electron chi connectivity index (χ2n) is 7.86. The summed E-state index contributed by atoms with van der Waals surface area (Å²) in [5, 5.41) is 0. The molecule has 2 aromatic carbocycles. The highest BCUT2D eigenvalue weighted by Gasteiger charge is 2.57. The maximum Gasteiger partial charge on any atom is 0.197 e. The summed E-state index contributed by atoms with van der Waals surface area (Å²) in [5.41, 5.74) is -3.93. The quantitative estimate of drug-likeness (QED) is 0.201. The molecule has 0 spiro atoms. The van der Waals surface area contributed by atoms with Gasteiger partial charge in [-0.1, -0.05) is 11.1 Å². The summed E-state index contributed by atoms with van der Waals surface area (Å²) >= 11 is 0. The number of rotatable bonds is 0. The van der Waals surface area contributed by atoms with Crippen LogP contribution in [0.15, 0.2) is 11.1 Å². The molecule has 29 heavy (non-hydrogen) atoms. The molecule has 0 heterocycles. The lowest BCUT2D eigenvalue weighted by molar-refractivity contribution is 0.345. The van der Waals surface area contributed by atoms with Crippen molar-refractivity contribution in [3.63, 3.8) is 0 Å². The van der Waals surface area contributed by atoms with Gasteiger partial charge in [0.05, 0.1) is 0 Å². The van der Waals surface area contributed by atoms with Crippen molar-refractivity contribution in [2.24, 2.45) is 0 Å². The Balaban J connectivity index is 2.04. The average molecular weight is 416 g/mol. The normalized spacial score (nSPS) is 24.5. The summed E-state index contributed by atoms with van der Waals surface area (Å²) < 4.78 is 116. The fourth-order valence-electron chi connectivity index (χ4n) is 5.56. The Morgan fingerprint density at radius 3 is 1.48 bits per heavy atom. The van der Waals surface area contributed by atoms with Crippen LogP contribution in [0.25, 0.3) is 0 Å². The Morgan fingerprint density at radius 1 is 0.586 bits per heavy atom. The van der Waals surface area contributed by atoms with Crippen LogP contribution in [0.3, 0.4) is 0 Å². The molecule has 0 saturated carbocycles. The molecule has 0 fully saturated rings. The molecule has 0 atom stereocenters. The zero-order valence-corrected chi connectivity index (χ0v) is 14.9. The third kappa shape index (κ3) is 1.91. The summed E-state index contributed by atoms with van der Waals surface area (Å²) in [6, 6.07) is 0. The van der Waals surface area contributed by atoms with E-state index in [1.165, 1.54) is 6.92 Å². The largest absolute Gasteiger partial charge is 0.203 e. The molecule has 8 heteroatoms. The summed E-state index contributed by atoms with van der Waals surface area (Å²) in [5.74, 6) is -16.8. The first kappa shape index (κ1) is 18.6. The zero-order valence-electron chi connectivity index (χ0n) is 14.9. The molecule has 6 rings (SSSR count). The van der Waals surface area contributed by atoms with Gasteiger partial charge in [0.1, 0.15) is 0 Å². The fraction of sp³-hybridized carbons (Fsp3) is 0.333. The van der Waals surface area contributed by atoms with E-state index >= 15 is 0 Å². The molecule has 0 radical (unpaired) electrons. The van der Waals surface area contributed by atoms with Crippen LogP contribution < -0.4 is 0 Å². The van der Waals surface area contributed by atoms with Gasteiger partial charge in [0.2, 0.25) is 0 Å². The molecular weight excluding hydrogens is 404 g/mol. The van der Waals surface area contributed by atoms with Gasteiger partial charge in [0.15, 0.2) is 46.5 Å². The van der Waals surface area contributed by atoms with Gasteiger partial charge >= 0.3 is 0 Å². The van der Waals surface area contributed by atoms with E-state index in [0.29, 0.717) is 24.0 Å². The smallest absolute Gasteiger partial charge is 0.197 e. The minimum atomic E-state index is -2.09. The SMILES string of the molecule is CC12C3=C(CCCC3)C(c3c(F)c(F)c(F)c(F)c31)c1c(F)c(F)c(F)c(F)c12. The van der Waals surface area contributed by atoms with E-state index < -0.39 is 80.1 Å². The van der Waals surface area contributed by atoms with Crippen molar-refractivity contribution in [3.8, 4) is 0 Å². The van der Waals surface area contributed by atoms with Crippen molar-refractivity contribution in [3.05, 3.63) is 79.9 Å². The topological polar surface area (TPSA) is 0 Å². The van der Waals surface area contributed by atoms with Crippen LogP contribution in [-0.2, 0) is 5.41 Å². The molecular formula is C21H12F8. The molecule has 4 aliphatic carbocycles. The Kier molecular flexibility index (Phi) is 3.60. The molecule has 152 valence electrons. The van der Waals surface area contributed by atoms with E-state index in [2.05, 4.69) is 0 Å². The van der Waals surface area contributed by atoms with Crippen molar-refractivity contribution in [1.29, 1.82) is 0 Å². The third-order valence-corrected chi connectivity index (χ3v) is 6.65. The van der Waals surface area contributed by atoms with Gasteiger partial charge in [-0.05, 0) is 32.6 Å². The minimum absolute atomic E-state index is 0.279. The van der Waals surface area contributed by atoms with Crippen LogP contribution in [0.2, 0.25) is 0 Å². The molecule has 0 amide bonds. The zero-order chi connectivity index (χ0) is 21.0. The van der Waals surface area contributed by atoms with E-state index in [9.17, 15) is 35.1 Å². The molecule has 4 aliphatic rings. The number of halogens is 8. The van der Waals surface area contributed by atoms with Crippen LogP contribution in [0.5, 0.6) is 0 Å². The summed E-state index contributed by atoms with van der Waals surface area (Å²) in [6.45, 7) is 1.19. The number of hydrogen-bond donors (Lipinski definition) is 0. The van der Waals surface area contributed by atoms with Crippen molar-refractivity contribution in [1.82, 2.24) is 0 Å². The van der Waals surface area contributed by atoms with Crippen LogP contribution >= 0.6 is 0 Å². The van der Waals surface area contributed by atoms with Crippen LogP contribution in [0.1, 0.15) is 60.8 Å². The average Bonchev–Trinajstić information content (AvgIpc) is 2.72. The highest BCUT2D eigenvalue weighted by atomic mass is 19.2. The number of hydrogen-bond acceptors (Lipinski definition) is 0. The highest BCUT2D eigenvalue weighted by Crippen LogP contribution is 2.64. The predicted octanol–water partition coefficient (Wildman–Crippen LogP) is 6.43. The van der Waals surface area contributed by atoms with Gasteiger partial charge < -0.3 is 0 Å². The standard InChI is InChI=1S/C21H12F8/c1-21-7-5-3-2-4-6(7)8(9-11(21)15(24)19(28)17(26)13(9)22)10-12(21)16(25)20(29)18(27)14(10)23/h8H,2-5H2,1H3. The first-order valence-electron chi connectivity index (χ1n) is 9.08. The molecule has 2 aromatic rings. The van der Waals surface area contributed by atoms with Gasteiger partial charge in [-0.25, -0.2) is 35.1 Å². The van der Waals surface area contributed by atoms with E-state index in [1.807, 2.05) is 0 Å².